The lowest BCUT2D eigenvalue weighted by molar-refractivity contribution is 0.404. The molecule has 106 valence electrons. The van der Waals surface area contributed by atoms with Crippen molar-refractivity contribution in [3.63, 3.8) is 0 Å². The molecule has 1 heterocycles. The van der Waals surface area contributed by atoms with Gasteiger partial charge in [0.15, 0.2) is 0 Å². The third-order valence-electron chi connectivity index (χ3n) is 3.92. The van der Waals surface area contributed by atoms with Crippen LogP contribution in [-0.2, 0) is 12.8 Å². The minimum Gasteiger partial charge on any atom is -0.496 e. The van der Waals surface area contributed by atoms with Gasteiger partial charge in [-0.25, -0.2) is 5.43 Å². The average Bonchev–Trinajstić information content (AvgIpc) is 2.92. The topological polar surface area (TPSA) is 47.3 Å². The van der Waals surface area contributed by atoms with E-state index in [4.69, 9.17) is 10.6 Å². The van der Waals surface area contributed by atoms with Gasteiger partial charge < -0.3 is 4.74 Å². The summed E-state index contributed by atoms with van der Waals surface area (Å²) in [5.74, 6) is 6.70. The van der Waals surface area contributed by atoms with Crippen molar-refractivity contribution in [2.45, 2.75) is 31.7 Å². The number of aryl methyl sites for hydroxylation is 2. The Morgan fingerprint density at radius 1 is 1.25 bits per heavy atom. The summed E-state index contributed by atoms with van der Waals surface area (Å²) in [6.07, 6.45) is 5.03. The molecule has 0 saturated carbocycles. The fourth-order valence-corrected chi connectivity index (χ4v) is 4.22. The van der Waals surface area contributed by atoms with E-state index >= 15 is 0 Å². The van der Waals surface area contributed by atoms with Crippen LogP contribution in [0.25, 0.3) is 0 Å². The molecule has 0 fully saturated rings. The van der Waals surface area contributed by atoms with Gasteiger partial charge in [0.25, 0.3) is 0 Å². The molecule has 1 aliphatic carbocycles. The van der Waals surface area contributed by atoms with Crippen LogP contribution in [0.1, 0.15) is 39.8 Å². The molecule has 1 aromatic carbocycles. The number of methoxy groups -OCH3 is 1. The van der Waals surface area contributed by atoms with E-state index in [-0.39, 0.29) is 6.04 Å². The molecule has 1 aliphatic rings. The molecule has 4 heteroatoms. The number of hydrazine groups is 1. The third-order valence-corrected chi connectivity index (χ3v) is 5.22. The molecule has 0 spiro atoms. The Labute approximate surface area is 123 Å². The second kappa shape index (κ2) is 5.95. The van der Waals surface area contributed by atoms with Gasteiger partial charge in [-0.05, 0) is 43.4 Å². The van der Waals surface area contributed by atoms with Gasteiger partial charge in [-0.3, -0.25) is 5.84 Å². The number of para-hydroxylation sites is 1. The normalized spacial score (nSPS) is 15.7. The Hall–Kier alpha value is -1.36. The lowest BCUT2D eigenvalue weighted by Crippen LogP contribution is -2.28. The predicted octanol–water partition coefficient (Wildman–Crippen LogP) is 3.19. The van der Waals surface area contributed by atoms with Crippen LogP contribution in [0, 0.1) is 0 Å². The number of benzene rings is 1. The van der Waals surface area contributed by atoms with Gasteiger partial charge in [-0.2, -0.15) is 0 Å². The van der Waals surface area contributed by atoms with Crippen LogP contribution >= 0.6 is 11.3 Å². The maximum Gasteiger partial charge on any atom is 0.124 e. The number of ether oxygens (including phenoxy) is 1. The van der Waals surface area contributed by atoms with Gasteiger partial charge in [0.1, 0.15) is 5.75 Å². The first-order valence-corrected chi connectivity index (χ1v) is 7.85. The highest BCUT2D eigenvalue weighted by Gasteiger charge is 2.21. The molecule has 2 aromatic rings. The monoisotopic (exact) mass is 288 g/mol. The number of hydrogen-bond donors (Lipinski definition) is 2. The molecule has 0 radical (unpaired) electrons. The molecule has 1 unspecified atom stereocenters. The number of thiophene rings is 1. The van der Waals surface area contributed by atoms with E-state index in [0.29, 0.717) is 0 Å². The minimum absolute atomic E-state index is 0.00162. The summed E-state index contributed by atoms with van der Waals surface area (Å²) >= 11 is 1.88. The van der Waals surface area contributed by atoms with Crippen LogP contribution < -0.4 is 16.0 Å². The number of fused-ring (bicyclic) bond motifs is 1. The minimum atomic E-state index is 0.00162. The Balaban J connectivity index is 1.99. The van der Waals surface area contributed by atoms with Crippen LogP contribution in [0.15, 0.2) is 30.3 Å². The number of nitrogens with one attached hydrogen (secondary N) is 1. The van der Waals surface area contributed by atoms with E-state index in [0.717, 1.165) is 11.3 Å². The van der Waals surface area contributed by atoms with E-state index in [2.05, 4.69) is 17.6 Å². The standard InChI is InChI=1S/C16H20N2OS/c1-19-13-8-4-3-7-12(13)16(18-17)15-10-11-6-2-5-9-14(11)20-15/h3-4,7-8,10,16,18H,2,5-6,9,17H2,1H3. The van der Waals surface area contributed by atoms with Crippen LogP contribution in [0.2, 0.25) is 0 Å². The lowest BCUT2D eigenvalue weighted by Gasteiger charge is -2.17. The van der Waals surface area contributed by atoms with Crippen LogP contribution in [0.4, 0.5) is 0 Å². The summed E-state index contributed by atoms with van der Waals surface area (Å²) in [4.78, 5) is 2.81. The Bertz CT molecular complexity index is 570. The summed E-state index contributed by atoms with van der Waals surface area (Å²) < 4.78 is 5.46. The van der Waals surface area contributed by atoms with Crippen LogP contribution in [0.5, 0.6) is 5.75 Å². The molecule has 3 N–H and O–H groups in total. The van der Waals surface area contributed by atoms with Gasteiger partial charge >= 0.3 is 0 Å². The van der Waals surface area contributed by atoms with Crippen molar-refractivity contribution in [2.75, 3.05) is 7.11 Å². The van der Waals surface area contributed by atoms with E-state index < -0.39 is 0 Å². The smallest absolute Gasteiger partial charge is 0.124 e. The molecule has 3 rings (SSSR count). The molecular formula is C16H20N2OS. The lowest BCUT2D eigenvalue weighted by atomic mass is 9.97. The fraction of sp³-hybridized carbons (Fsp3) is 0.375. The Morgan fingerprint density at radius 2 is 2.05 bits per heavy atom. The highest BCUT2D eigenvalue weighted by atomic mass is 32.1. The molecule has 1 aromatic heterocycles. The van der Waals surface area contributed by atoms with Crippen molar-refractivity contribution in [1.82, 2.24) is 5.43 Å². The molecule has 0 aliphatic heterocycles. The first-order valence-electron chi connectivity index (χ1n) is 7.04. The number of hydrogen-bond acceptors (Lipinski definition) is 4. The highest BCUT2D eigenvalue weighted by molar-refractivity contribution is 7.12. The van der Waals surface area contributed by atoms with E-state index in [1.54, 1.807) is 7.11 Å². The largest absolute Gasteiger partial charge is 0.496 e. The summed E-state index contributed by atoms with van der Waals surface area (Å²) in [5.41, 5.74) is 5.55. The van der Waals surface area contributed by atoms with Crippen molar-refractivity contribution in [1.29, 1.82) is 0 Å². The van der Waals surface area contributed by atoms with Gasteiger partial charge in [-0.1, -0.05) is 18.2 Å². The fourth-order valence-electron chi connectivity index (χ4n) is 2.89. The van der Waals surface area contributed by atoms with Crippen LogP contribution in [-0.4, -0.2) is 7.11 Å². The van der Waals surface area contributed by atoms with E-state index in [1.807, 2.05) is 29.5 Å². The summed E-state index contributed by atoms with van der Waals surface area (Å²) in [6.45, 7) is 0. The van der Waals surface area contributed by atoms with E-state index in [9.17, 15) is 0 Å². The van der Waals surface area contributed by atoms with Crippen molar-refractivity contribution >= 4 is 11.3 Å². The van der Waals surface area contributed by atoms with Crippen molar-refractivity contribution in [2.24, 2.45) is 5.84 Å². The highest BCUT2D eigenvalue weighted by Crippen LogP contribution is 2.37. The van der Waals surface area contributed by atoms with Crippen molar-refractivity contribution < 1.29 is 4.74 Å². The first-order chi connectivity index (χ1) is 9.83. The van der Waals surface area contributed by atoms with Gasteiger partial charge in [-0.15, -0.1) is 11.3 Å². The molecule has 3 nitrogen and oxygen atoms in total. The third kappa shape index (κ3) is 2.46. The van der Waals surface area contributed by atoms with E-state index in [1.165, 1.54) is 41.0 Å². The predicted molar refractivity (Wildman–Crippen MR) is 83.1 cm³/mol. The number of rotatable bonds is 4. The molecular weight excluding hydrogens is 268 g/mol. The molecule has 0 amide bonds. The molecule has 1 atom stereocenters. The molecule has 0 saturated heterocycles. The molecule has 20 heavy (non-hydrogen) atoms. The van der Waals surface area contributed by atoms with Gasteiger partial charge in [0, 0.05) is 15.3 Å². The average molecular weight is 288 g/mol. The zero-order valence-electron chi connectivity index (χ0n) is 11.7. The maximum atomic E-state index is 5.82. The first kappa shape index (κ1) is 13.6. The maximum absolute atomic E-state index is 5.82. The quantitative estimate of drug-likeness (QED) is 0.671. The summed E-state index contributed by atoms with van der Waals surface area (Å²) in [5, 5.41) is 0. The summed E-state index contributed by atoms with van der Waals surface area (Å²) in [7, 11) is 1.70. The van der Waals surface area contributed by atoms with Crippen molar-refractivity contribution in [3.8, 4) is 5.75 Å². The summed E-state index contributed by atoms with van der Waals surface area (Å²) in [6, 6.07) is 10.4. The second-order valence-electron chi connectivity index (χ2n) is 5.15. The Kier molecular flexibility index (Phi) is 4.05. The van der Waals surface area contributed by atoms with Crippen LogP contribution in [0.3, 0.4) is 0 Å². The van der Waals surface area contributed by atoms with Gasteiger partial charge in [0.2, 0.25) is 0 Å². The zero-order chi connectivity index (χ0) is 13.9. The SMILES string of the molecule is COc1ccccc1C(NN)c1cc2c(s1)CCCC2. The van der Waals surface area contributed by atoms with Gasteiger partial charge in [0.05, 0.1) is 13.2 Å². The zero-order valence-corrected chi connectivity index (χ0v) is 12.5. The Morgan fingerprint density at radius 3 is 2.80 bits per heavy atom. The second-order valence-corrected chi connectivity index (χ2v) is 6.31. The van der Waals surface area contributed by atoms with Crippen molar-refractivity contribution in [3.05, 3.63) is 51.2 Å². The number of nitrogens with two attached hydrogens (primary N) is 1. The molecule has 0 bridgehead atoms.